The second kappa shape index (κ2) is 7.95. The molecule has 0 spiro atoms. The molecule has 0 radical (unpaired) electrons. The van der Waals surface area contributed by atoms with Crippen molar-refractivity contribution in [3.63, 3.8) is 0 Å². The van der Waals surface area contributed by atoms with Crippen LogP contribution in [-0.4, -0.2) is 66.4 Å². The van der Waals surface area contributed by atoms with Gasteiger partial charge in [0.05, 0.1) is 19.3 Å². The monoisotopic (exact) mass is 391 g/mol. The molecule has 2 aromatic heterocycles. The number of anilines is 1. The van der Waals surface area contributed by atoms with Crippen molar-refractivity contribution in [2.45, 2.75) is 36.8 Å². The zero-order valence-corrected chi connectivity index (χ0v) is 16.1. The summed E-state index contributed by atoms with van der Waals surface area (Å²) < 4.78 is 34.8. The van der Waals surface area contributed by atoms with E-state index in [-0.39, 0.29) is 11.0 Å². The summed E-state index contributed by atoms with van der Waals surface area (Å²) in [6.07, 6.45) is 8.13. The summed E-state index contributed by atoms with van der Waals surface area (Å²) in [4.78, 5) is 6.84. The highest BCUT2D eigenvalue weighted by atomic mass is 32.2. The molecule has 1 atom stereocenters. The van der Waals surface area contributed by atoms with Crippen molar-refractivity contribution in [3.8, 4) is 0 Å². The molecule has 0 saturated carbocycles. The van der Waals surface area contributed by atoms with E-state index >= 15 is 0 Å². The third kappa shape index (κ3) is 4.15. The first kappa shape index (κ1) is 18.4. The van der Waals surface area contributed by atoms with Gasteiger partial charge in [0.25, 0.3) is 0 Å². The lowest BCUT2D eigenvalue weighted by molar-refractivity contribution is 0.0272. The van der Waals surface area contributed by atoms with Gasteiger partial charge in [-0.3, -0.25) is 4.68 Å². The number of rotatable bonds is 5. The fourth-order valence-electron chi connectivity index (χ4n) is 3.62. The number of ether oxygens (including phenoxy) is 1. The molecular formula is C18H25N5O3S. The first-order valence-electron chi connectivity index (χ1n) is 9.43. The Bertz CT molecular complexity index is 832. The Morgan fingerprint density at radius 2 is 2.00 bits per heavy atom. The molecule has 0 aliphatic carbocycles. The molecule has 2 aliphatic heterocycles. The fraction of sp³-hybridized carbons (Fsp3) is 0.556. The second-order valence-corrected chi connectivity index (χ2v) is 8.92. The number of nitrogens with zero attached hydrogens (tertiary/aromatic N) is 5. The third-order valence-corrected chi connectivity index (χ3v) is 6.97. The average molecular weight is 391 g/mol. The molecule has 0 bridgehead atoms. The molecule has 2 aromatic rings. The minimum Gasteiger partial charge on any atom is -0.373 e. The summed E-state index contributed by atoms with van der Waals surface area (Å²) in [5.74, 6) is 0.779. The number of sulfonamides is 1. The highest BCUT2D eigenvalue weighted by Crippen LogP contribution is 2.22. The van der Waals surface area contributed by atoms with Crippen molar-refractivity contribution >= 4 is 15.8 Å². The van der Waals surface area contributed by atoms with Crippen molar-refractivity contribution in [2.24, 2.45) is 0 Å². The van der Waals surface area contributed by atoms with Crippen LogP contribution in [0.25, 0.3) is 0 Å². The number of pyridine rings is 1. The van der Waals surface area contributed by atoms with Gasteiger partial charge in [-0.1, -0.05) is 6.42 Å². The van der Waals surface area contributed by atoms with Crippen LogP contribution in [0.3, 0.4) is 0 Å². The van der Waals surface area contributed by atoms with E-state index in [2.05, 4.69) is 15.0 Å². The molecule has 0 N–H and O–H groups in total. The van der Waals surface area contributed by atoms with Crippen molar-refractivity contribution in [3.05, 3.63) is 36.8 Å². The first-order chi connectivity index (χ1) is 13.1. The largest absolute Gasteiger partial charge is 0.373 e. The van der Waals surface area contributed by atoms with Gasteiger partial charge < -0.3 is 9.64 Å². The van der Waals surface area contributed by atoms with Crippen molar-refractivity contribution in [2.75, 3.05) is 37.7 Å². The van der Waals surface area contributed by atoms with Crippen LogP contribution in [0.5, 0.6) is 0 Å². The van der Waals surface area contributed by atoms with Gasteiger partial charge in [0.2, 0.25) is 10.0 Å². The first-order valence-corrected chi connectivity index (χ1v) is 10.9. The van der Waals surface area contributed by atoms with Gasteiger partial charge in [0, 0.05) is 44.8 Å². The highest BCUT2D eigenvalue weighted by Gasteiger charge is 2.27. The highest BCUT2D eigenvalue weighted by molar-refractivity contribution is 7.89. The van der Waals surface area contributed by atoms with E-state index in [1.807, 2.05) is 16.9 Å². The molecule has 146 valence electrons. The minimum atomic E-state index is -3.44. The van der Waals surface area contributed by atoms with Crippen LogP contribution >= 0.6 is 0 Å². The van der Waals surface area contributed by atoms with E-state index in [0.717, 1.165) is 31.6 Å². The lowest BCUT2D eigenvalue weighted by Crippen LogP contribution is -2.44. The Kier molecular flexibility index (Phi) is 5.42. The maximum Gasteiger partial charge on any atom is 0.244 e. The Hall–Kier alpha value is -1.97. The maximum atomic E-state index is 12.7. The molecule has 0 aromatic carbocycles. The predicted molar refractivity (Wildman–Crippen MR) is 101 cm³/mol. The topological polar surface area (TPSA) is 80.6 Å². The lowest BCUT2D eigenvalue weighted by Gasteiger charge is -2.33. The van der Waals surface area contributed by atoms with Gasteiger partial charge >= 0.3 is 0 Å². The number of piperidine rings is 1. The van der Waals surface area contributed by atoms with E-state index in [1.54, 1.807) is 22.6 Å². The van der Waals surface area contributed by atoms with Gasteiger partial charge in [-0.2, -0.15) is 9.40 Å². The molecule has 1 unspecified atom stereocenters. The van der Waals surface area contributed by atoms with Crippen molar-refractivity contribution < 1.29 is 13.2 Å². The van der Waals surface area contributed by atoms with Crippen molar-refractivity contribution in [1.82, 2.24) is 19.1 Å². The molecule has 2 fully saturated rings. The summed E-state index contributed by atoms with van der Waals surface area (Å²) in [6, 6.07) is 5.36. The van der Waals surface area contributed by atoms with Gasteiger partial charge in [-0.15, -0.1) is 0 Å². The van der Waals surface area contributed by atoms with Crippen LogP contribution in [0, 0.1) is 0 Å². The fourth-order valence-corrected chi connectivity index (χ4v) is 5.08. The molecule has 4 heterocycles. The number of hydrogen-bond acceptors (Lipinski definition) is 6. The Balaban J connectivity index is 1.43. The molecule has 4 rings (SSSR count). The summed E-state index contributed by atoms with van der Waals surface area (Å²) in [7, 11) is -3.44. The maximum absolute atomic E-state index is 12.7. The minimum absolute atomic E-state index is 0.0252. The predicted octanol–water partition coefficient (Wildman–Crippen LogP) is 1.36. The Morgan fingerprint density at radius 1 is 1.15 bits per heavy atom. The van der Waals surface area contributed by atoms with Crippen LogP contribution in [-0.2, 0) is 21.3 Å². The molecule has 9 heteroatoms. The standard InChI is InChI=1S/C18H25N5O3S/c24-27(25,23-9-2-1-3-10-23)17-5-6-18(19-13-17)21-11-12-26-16(14-21)15-22-8-4-7-20-22/h4-8,13,16H,1-3,9-12,14-15H2. The van der Waals surface area contributed by atoms with Crippen LogP contribution in [0.15, 0.2) is 41.7 Å². The summed E-state index contributed by atoms with van der Waals surface area (Å²) in [5, 5.41) is 4.22. The Morgan fingerprint density at radius 3 is 2.70 bits per heavy atom. The molecular weight excluding hydrogens is 366 g/mol. The number of aromatic nitrogens is 3. The summed E-state index contributed by atoms with van der Waals surface area (Å²) >= 11 is 0. The number of morpholine rings is 1. The van der Waals surface area contributed by atoms with E-state index < -0.39 is 10.0 Å². The Labute approximate surface area is 159 Å². The zero-order valence-electron chi connectivity index (χ0n) is 15.3. The quantitative estimate of drug-likeness (QED) is 0.766. The molecule has 2 aliphatic rings. The van der Waals surface area contributed by atoms with E-state index in [1.165, 1.54) is 6.20 Å². The average Bonchev–Trinajstić information content (AvgIpc) is 3.22. The van der Waals surface area contributed by atoms with Crippen LogP contribution in [0.2, 0.25) is 0 Å². The van der Waals surface area contributed by atoms with Crippen molar-refractivity contribution in [1.29, 1.82) is 0 Å². The summed E-state index contributed by atoms with van der Waals surface area (Å²) in [5.41, 5.74) is 0. The van der Waals surface area contributed by atoms with E-state index in [9.17, 15) is 8.42 Å². The van der Waals surface area contributed by atoms with E-state index in [4.69, 9.17) is 4.74 Å². The van der Waals surface area contributed by atoms with Gasteiger partial charge in [0.1, 0.15) is 10.7 Å². The number of hydrogen-bond donors (Lipinski definition) is 0. The second-order valence-electron chi connectivity index (χ2n) is 6.98. The molecule has 27 heavy (non-hydrogen) atoms. The van der Waals surface area contributed by atoms with E-state index in [0.29, 0.717) is 32.8 Å². The van der Waals surface area contributed by atoms with Gasteiger partial charge in [-0.25, -0.2) is 13.4 Å². The van der Waals surface area contributed by atoms with Gasteiger partial charge in [-0.05, 0) is 31.0 Å². The molecule has 2 saturated heterocycles. The van der Waals surface area contributed by atoms with Crippen LogP contribution in [0.1, 0.15) is 19.3 Å². The van der Waals surface area contributed by atoms with Crippen LogP contribution in [0.4, 0.5) is 5.82 Å². The SMILES string of the molecule is O=S(=O)(c1ccc(N2CCOC(Cn3cccn3)C2)nc1)N1CCCCC1. The lowest BCUT2D eigenvalue weighted by atomic mass is 10.2. The normalized spacial score (nSPS) is 22.1. The smallest absolute Gasteiger partial charge is 0.244 e. The third-order valence-electron chi connectivity index (χ3n) is 5.09. The molecule has 0 amide bonds. The molecule has 8 nitrogen and oxygen atoms in total. The van der Waals surface area contributed by atoms with Gasteiger partial charge in [0.15, 0.2) is 0 Å². The summed E-state index contributed by atoms with van der Waals surface area (Å²) in [6.45, 7) is 3.93. The zero-order chi connectivity index (χ0) is 18.7. The van der Waals surface area contributed by atoms with Crippen LogP contribution < -0.4 is 4.90 Å².